The number of aliphatic carboxylic acids is 1. The van der Waals surface area contributed by atoms with Crippen molar-refractivity contribution >= 4 is 5.97 Å². The van der Waals surface area contributed by atoms with E-state index < -0.39 is 5.97 Å². The number of rotatable bonds is 5. The lowest BCUT2D eigenvalue weighted by Gasteiger charge is -2.09. The molecule has 0 saturated carbocycles. The van der Waals surface area contributed by atoms with Gasteiger partial charge < -0.3 is 9.84 Å². The van der Waals surface area contributed by atoms with Gasteiger partial charge in [0, 0.05) is 6.42 Å². The van der Waals surface area contributed by atoms with Gasteiger partial charge in [-0.3, -0.25) is 4.79 Å². The maximum Gasteiger partial charge on any atom is 0.306 e. The summed E-state index contributed by atoms with van der Waals surface area (Å²) in [6.45, 7) is 2.70. The molecule has 0 aliphatic carbocycles. The minimum Gasteiger partial charge on any atom is -0.493 e. The van der Waals surface area contributed by atoms with Crippen LogP contribution in [0.4, 0.5) is 0 Å². The van der Waals surface area contributed by atoms with E-state index in [1.165, 1.54) is 11.1 Å². The van der Waals surface area contributed by atoms with E-state index in [4.69, 9.17) is 9.84 Å². The van der Waals surface area contributed by atoms with E-state index in [2.05, 4.69) is 6.07 Å². The molecule has 2 rings (SSSR count). The Morgan fingerprint density at radius 3 is 3.06 bits per heavy atom. The van der Waals surface area contributed by atoms with Crippen molar-refractivity contribution in [3.63, 3.8) is 0 Å². The Morgan fingerprint density at radius 2 is 2.35 bits per heavy atom. The zero-order chi connectivity index (χ0) is 12.3. The van der Waals surface area contributed by atoms with Crippen LogP contribution in [0.5, 0.6) is 5.75 Å². The third-order valence-corrected chi connectivity index (χ3v) is 3.38. The predicted octanol–water partition coefficient (Wildman–Crippen LogP) is 2.66. The summed E-state index contributed by atoms with van der Waals surface area (Å²) in [6, 6.07) is 6.19. The molecule has 1 aromatic rings. The van der Waals surface area contributed by atoms with Crippen LogP contribution in [-0.4, -0.2) is 17.7 Å². The lowest BCUT2D eigenvalue weighted by atomic mass is 9.96. The average molecular weight is 234 g/mol. The molecule has 1 aliphatic rings. The summed E-state index contributed by atoms with van der Waals surface area (Å²) in [5.41, 5.74) is 2.47. The molecule has 0 aromatic heterocycles. The number of aryl methyl sites for hydroxylation is 1. The van der Waals surface area contributed by atoms with E-state index in [0.717, 1.165) is 25.2 Å². The number of carboxylic acids is 1. The Hall–Kier alpha value is -1.51. The number of hydrogen-bond acceptors (Lipinski definition) is 2. The Morgan fingerprint density at radius 1 is 1.53 bits per heavy atom. The van der Waals surface area contributed by atoms with Crippen LogP contribution in [0.15, 0.2) is 18.2 Å². The van der Waals surface area contributed by atoms with Gasteiger partial charge in [-0.15, -0.1) is 0 Å². The molecule has 1 aliphatic heterocycles. The summed E-state index contributed by atoms with van der Waals surface area (Å²) in [5.74, 6) is 0.0792. The first-order valence-electron chi connectivity index (χ1n) is 6.18. The first-order chi connectivity index (χ1) is 8.20. The van der Waals surface area contributed by atoms with Crippen LogP contribution in [-0.2, 0) is 17.6 Å². The highest BCUT2D eigenvalue weighted by Crippen LogP contribution is 2.26. The topological polar surface area (TPSA) is 46.5 Å². The monoisotopic (exact) mass is 234 g/mol. The summed E-state index contributed by atoms with van der Waals surface area (Å²) < 4.78 is 5.44. The molecule has 92 valence electrons. The van der Waals surface area contributed by atoms with Gasteiger partial charge in [-0.05, 0) is 36.5 Å². The van der Waals surface area contributed by atoms with Gasteiger partial charge >= 0.3 is 5.97 Å². The minimum atomic E-state index is -0.683. The van der Waals surface area contributed by atoms with Crippen molar-refractivity contribution in [2.45, 2.75) is 32.6 Å². The molecule has 0 saturated heterocycles. The minimum absolute atomic E-state index is 0.223. The molecular formula is C14H18O3. The van der Waals surface area contributed by atoms with Crippen LogP contribution < -0.4 is 4.74 Å². The molecule has 0 radical (unpaired) electrons. The van der Waals surface area contributed by atoms with Gasteiger partial charge in [0.1, 0.15) is 5.75 Å². The molecule has 1 unspecified atom stereocenters. The number of carbonyl (C=O) groups is 1. The molecule has 1 N–H and O–H groups in total. The Bertz CT molecular complexity index is 412. The molecule has 0 fully saturated rings. The van der Waals surface area contributed by atoms with E-state index in [0.29, 0.717) is 12.8 Å². The van der Waals surface area contributed by atoms with Crippen LogP contribution in [0.25, 0.3) is 0 Å². The van der Waals surface area contributed by atoms with Gasteiger partial charge in [0.05, 0.1) is 12.5 Å². The standard InChI is InChI=1S/C14H18O3/c1-2-11(14(15)16)5-3-10-4-6-13-12(9-10)7-8-17-13/h4,6,9,11H,2-3,5,7-8H2,1H3,(H,15,16). The average Bonchev–Trinajstić information content (AvgIpc) is 2.76. The molecule has 1 atom stereocenters. The van der Waals surface area contributed by atoms with E-state index in [1.54, 1.807) is 0 Å². The van der Waals surface area contributed by atoms with E-state index >= 15 is 0 Å². The molecule has 1 heterocycles. The van der Waals surface area contributed by atoms with E-state index in [9.17, 15) is 4.79 Å². The Kier molecular flexibility index (Phi) is 3.67. The van der Waals surface area contributed by atoms with Gasteiger partial charge in [0.25, 0.3) is 0 Å². The smallest absolute Gasteiger partial charge is 0.306 e. The third-order valence-electron chi connectivity index (χ3n) is 3.38. The van der Waals surface area contributed by atoms with Gasteiger partial charge in [0.15, 0.2) is 0 Å². The van der Waals surface area contributed by atoms with E-state index in [1.807, 2.05) is 19.1 Å². The summed E-state index contributed by atoms with van der Waals surface area (Å²) in [7, 11) is 0. The number of carboxylic acid groups (broad SMARTS) is 1. The SMILES string of the molecule is CCC(CCc1ccc2c(c1)CCO2)C(=O)O. The molecule has 3 heteroatoms. The molecule has 0 amide bonds. The van der Waals surface area contributed by atoms with Crippen LogP contribution in [0.2, 0.25) is 0 Å². The highest BCUT2D eigenvalue weighted by molar-refractivity contribution is 5.69. The molecule has 0 bridgehead atoms. The highest BCUT2D eigenvalue weighted by atomic mass is 16.5. The fourth-order valence-corrected chi connectivity index (χ4v) is 2.24. The predicted molar refractivity (Wildman–Crippen MR) is 65.4 cm³/mol. The molecule has 1 aromatic carbocycles. The number of ether oxygens (including phenoxy) is 1. The number of benzene rings is 1. The maximum absolute atomic E-state index is 10.9. The van der Waals surface area contributed by atoms with Crippen molar-refractivity contribution in [2.24, 2.45) is 5.92 Å². The molecule has 3 nitrogen and oxygen atoms in total. The largest absolute Gasteiger partial charge is 0.493 e. The summed E-state index contributed by atoms with van der Waals surface area (Å²) in [5, 5.41) is 8.99. The third kappa shape index (κ3) is 2.78. The Balaban J connectivity index is 1.97. The quantitative estimate of drug-likeness (QED) is 0.852. The summed E-state index contributed by atoms with van der Waals surface area (Å²) in [6.07, 6.45) is 3.21. The van der Waals surface area contributed by atoms with Crippen molar-refractivity contribution in [3.8, 4) is 5.75 Å². The molecular weight excluding hydrogens is 216 g/mol. The van der Waals surface area contributed by atoms with Gasteiger partial charge in [-0.1, -0.05) is 19.1 Å². The fourth-order valence-electron chi connectivity index (χ4n) is 2.24. The van der Waals surface area contributed by atoms with Crippen LogP contribution in [0.3, 0.4) is 0 Å². The summed E-state index contributed by atoms with van der Waals surface area (Å²) >= 11 is 0. The normalized spacial score (nSPS) is 15.1. The fraction of sp³-hybridized carbons (Fsp3) is 0.500. The molecule has 0 spiro atoms. The van der Waals surface area contributed by atoms with Crippen molar-refractivity contribution < 1.29 is 14.6 Å². The lowest BCUT2D eigenvalue weighted by Crippen LogP contribution is -2.13. The molecule has 17 heavy (non-hydrogen) atoms. The van der Waals surface area contributed by atoms with Gasteiger partial charge in [0.2, 0.25) is 0 Å². The first-order valence-corrected chi connectivity index (χ1v) is 6.18. The second-order valence-corrected chi connectivity index (χ2v) is 4.52. The van der Waals surface area contributed by atoms with Crippen molar-refractivity contribution in [1.29, 1.82) is 0 Å². The van der Waals surface area contributed by atoms with E-state index in [-0.39, 0.29) is 5.92 Å². The second-order valence-electron chi connectivity index (χ2n) is 4.52. The zero-order valence-electron chi connectivity index (χ0n) is 10.1. The Labute approximate surface area is 101 Å². The van der Waals surface area contributed by atoms with Gasteiger partial charge in [-0.2, -0.15) is 0 Å². The number of fused-ring (bicyclic) bond motifs is 1. The van der Waals surface area contributed by atoms with Crippen LogP contribution >= 0.6 is 0 Å². The van der Waals surface area contributed by atoms with Gasteiger partial charge in [-0.25, -0.2) is 0 Å². The van der Waals surface area contributed by atoms with Crippen molar-refractivity contribution in [2.75, 3.05) is 6.61 Å². The van der Waals surface area contributed by atoms with Crippen molar-refractivity contribution in [3.05, 3.63) is 29.3 Å². The first kappa shape index (κ1) is 12.0. The van der Waals surface area contributed by atoms with Crippen LogP contribution in [0, 0.1) is 5.92 Å². The lowest BCUT2D eigenvalue weighted by molar-refractivity contribution is -0.142. The van der Waals surface area contributed by atoms with Crippen LogP contribution in [0.1, 0.15) is 30.9 Å². The van der Waals surface area contributed by atoms with Crippen molar-refractivity contribution in [1.82, 2.24) is 0 Å². The highest BCUT2D eigenvalue weighted by Gasteiger charge is 2.16. The number of hydrogen-bond donors (Lipinski definition) is 1. The maximum atomic E-state index is 10.9. The zero-order valence-corrected chi connectivity index (χ0v) is 10.1. The summed E-state index contributed by atoms with van der Waals surface area (Å²) in [4.78, 5) is 10.9. The second kappa shape index (κ2) is 5.21.